The van der Waals surface area contributed by atoms with Gasteiger partial charge in [-0.1, -0.05) is 6.92 Å². The van der Waals surface area contributed by atoms with Crippen molar-refractivity contribution in [3.8, 4) is 6.07 Å². The topological polar surface area (TPSA) is 61.1 Å². The second kappa shape index (κ2) is 5.39. The fraction of sp³-hybridized carbons (Fsp3) is 0.333. The van der Waals surface area contributed by atoms with E-state index in [0.29, 0.717) is 12.0 Å². The number of halogens is 2. The van der Waals surface area contributed by atoms with Crippen LogP contribution in [0.5, 0.6) is 0 Å². The minimum absolute atomic E-state index is 0.00116. The monoisotopic (exact) mass is 239 g/mol. The molecule has 0 heterocycles. The second-order valence-electron chi connectivity index (χ2n) is 3.54. The molecule has 0 spiro atoms. The maximum absolute atomic E-state index is 12.8. The van der Waals surface area contributed by atoms with Gasteiger partial charge in [0.1, 0.15) is 0 Å². The van der Waals surface area contributed by atoms with Crippen LogP contribution >= 0.6 is 0 Å². The van der Waals surface area contributed by atoms with Crippen molar-refractivity contribution in [2.45, 2.75) is 26.2 Å². The molecule has 0 amide bonds. The summed E-state index contributed by atoms with van der Waals surface area (Å²) in [6.07, 6.45) is -2.78. The Morgan fingerprint density at radius 2 is 2.12 bits per heavy atom. The van der Waals surface area contributed by atoms with Crippen LogP contribution in [0.2, 0.25) is 0 Å². The summed E-state index contributed by atoms with van der Waals surface area (Å²) in [4.78, 5) is 10.6. The summed E-state index contributed by atoms with van der Waals surface area (Å²) in [7, 11) is 0. The summed E-state index contributed by atoms with van der Waals surface area (Å²) in [5.74, 6) is -1.19. The maximum atomic E-state index is 12.8. The van der Waals surface area contributed by atoms with E-state index in [1.807, 2.05) is 6.07 Å². The third-order valence-corrected chi connectivity index (χ3v) is 2.44. The van der Waals surface area contributed by atoms with E-state index in [4.69, 9.17) is 10.4 Å². The zero-order valence-electron chi connectivity index (χ0n) is 9.20. The fourth-order valence-electron chi connectivity index (χ4n) is 1.62. The first-order chi connectivity index (χ1) is 7.99. The summed E-state index contributed by atoms with van der Waals surface area (Å²) in [6.45, 7) is 1.75. The Hall–Kier alpha value is -1.96. The molecule has 1 aromatic carbocycles. The molecule has 0 aromatic heterocycles. The van der Waals surface area contributed by atoms with Crippen LogP contribution in [-0.4, -0.2) is 11.1 Å². The first-order valence-electron chi connectivity index (χ1n) is 5.05. The number of alkyl halides is 2. The molecule has 0 saturated heterocycles. The SMILES string of the molecule is CCc1cc(C(F)F)c(CC(=O)O)cc1C#N. The predicted octanol–water partition coefficient (Wildman–Crippen LogP) is 2.69. The van der Waals surface area contributed by atoms with E-state index < -0.39 is 18.8 Å². The number of aliphatic carboxylic acids is 1. The Morgan fingerprint density at radius 3 is 2.53 bits per heavy atom. The normalized spacial score (nSPS) is 10.3. The average molecular weight is 239 g/mol. The quantitative estimate of drug-likeness (QED) is 0.878. The van der Waals surface area contributed by atoms with Gasteiger partial charge in [0.05, 0.1) is 18.1 Å². The fourth-order valence-corrected chi connectivity index (χ4v) is 1.62. The van der Waals surface area contributed by atoms with Gasteiger partial charge in [0.25, 0.3) is 6.43 Å². The summed E-state index contributed by atoms with van der Waals surface area (Å²) >= 11 is 0. The molecular formula is C12H11F2NO2. The lowest BCUT2D eigenvalue weighted by Gasteiger charge is -2.10. The molecule has 3 nitrogen and oxygen atoms in total. The van der Waals surface area contributed by atoms with Crippen LogP contribution in [0.4, 0.5) is 8.78 Å². The van der Waals surface area contributed by atoms with Crippen molar-refractivity contribution in [3.63, 3.8) is 0 Å². The predicted molar refractivity (Wildman–Crippen MR) is 56.8 cm³/mol. The Balaban J connectivity index is 3.36. The number of rotatable bonds is 4. The molecule has 0 radical (unpaired) electrons. The number of carbonyl (C=O) groups is 1. The van der Waals surface area contributed by atoms with Crippen molar-refractivity contribution in [1.82, 2.24) is 0 Å². The van der Waals surface area contributed by atoms with Crippen LogP contribution in [0, 0.1) is 11.3 Å². The lowest BCUT2D eigenvalue weighted by atomic mass is 9.96. The third-order valence-electron chi connectivity index (χ3n) is 2.44. The average Bonchev–Trinajstić information content (AvgIpc) is 2.27. The number of nitrogens with zero attached hydrogens (tertiary/aromatic N) is 1. The highest BCUT2D eigenvalue weighted by Crippen LogP contribution is 2.27. The first kappa shape index (κ1) is 13.1. The van der Waals surface area contributed by atoms with Gasteiger partial charge in [-0.05, 0) is 29.7 Å². The molecule has 0 aliphatic heterocycles. The van der Waals surface area contributed by atoms with Gasteiger partial charge in [-0.25, -0.2) is 8.78 Å². The van der Waals surface area contributed by atoms with Crippen molar-refractivity contribution >= 4 is 5.97 Å². The van der Waals surface area contributed by atoms with Crippen molar-refractivity contribution in [3.05, 3.63) is 34.4 Å². The van der Waals surface area contributed by atoms with Crippen LogP contribution in [0.15, 0.2) is 12.1 Å². The highest BCUT2D eigenvalue weighted by Gasteiger charge is 2.17. The zero-order valence-corrected chi connectivity index (χ0v) is 9.20. The molecule has 0 fully saturated rings. The van der Waals surface area contributed by atoms with Gasteiger partial charge in [-0.2, -0.15) is 5.26 Å². The van der Waals surface area contributed by atoms with Crippen molar-refractivity contribution in [2.75, 3.05) is 0 Å². The minimum atomic E-state index is -2.73. The largest absolute Gasteiger partial charge is 0.481 e. The molecule has 1 N–H and O–H groups in total. The van der Waals surface area contributed by atoms with Crippen LogP contribution in [-0.2, 0) is 17.6 Å². The third kappa shape index (κ3) is 3.00. The summed E-state index contributed by atoms with van der Waals surface area (Å²) in [6, 6.07) is 4.36. The summed E-state index contributed by atoms with van der Waals surface area (Å²) in [5.41, 5.74) is 0.467. The zero-order chi connectivity index (χ0) is 13.0. The highest BCUT2D eigenvalue weighted by molar-refractivity contribution is 5.71. The highest BCUT2D eigenvalue weighted by atomic mass is 19.3. The molecule has 0 aliphatic carbocycles. The van der Waals surface area contributed by atoms with Crippen molar-refractivity contribution in [2.24, 2.45) is 0 Å². The Morgan fingerprint density at radius 1 is 1.47 bits per heavy atom. The lowest BCUT2D eigenvalue weighted by Crippen LogP contribution is -2.06. The number of hydrogen-bond acceptors (Lipinski definition) is 2. The van der Waals surface area contributed by atoms with Gasteiger partial charge in [0.15, 0.2) is 0 Å². The van der Waals surface area contributed by atoms with E-state index in [-0.39, 0.29) is 16.7 Å². The minimum Gasteiger partial charge on any atom is -0.481 e. The van der Waals surface area contributed by atoms with E-state index in [0.717, 1.165) is 0 Å². The molecule has 0 unspecified atom stereocenters. The van der Waals surface area contributed by atoms with Crippen LogP contribution in [0.1, 0.15) is 35.6 Å². The molecule has 90 valence electrons. The van der Waals surface area contributed by atoms with Crippen molar-refractivity contribution in [1.29, 1.82) is 5.26 Å². The molecule has 0 aliphatic rings. The van der Waals surface area contributed by atoms with Crippen LogP contribution in [0.25, 0.3) is 0 Å². The number of benzene rings is 1. The van der Waals surface area contributed by atoms with E-state index in [9.17, 15) is 13.6 Å². The number of hydrogen-bond donors (Lipinski definition) is 1. The molecule has 5 heteroatoms. The van der Waals surface area contributed by atoms with Gasteiger partial charge < -0.3 is 5.11 Å². The Labute approximate surface area is 97.3 Å². The number of carboxylic acid groups (broad SMARTS) is 1. The van der Waals surface area contributed by atoms with E-state index >= 15 is 0 Å². The van der Waals surface area contributed by atoms with Gasteiger partial charge >= 0.3 is 5.97 Å². The molecule has 1 aromatic rings. The Kier molecular flexibility index (Phi) is 4.16. The van der Waals surface area contributed by atoms with Gasteiger partial charge in [0.2, 0.25) is 0 Å². The lowest BCUT2D eigenvalue weighted by molar-refractivity contribution is -0.136. The van der Waals surface area contributed by atoms with E-state index in [1.54, 1.807) is 6.92 Å². The summed E-state index contributed by atoms with van der Waals surface area (Å²) in [5, 5.41) is 17.5. The standard InChI is InChI=1S/C12H11F2NO2/c1-2-7-4-10(12(13)14)8(5-11(16)17)3-9(7)6-15/h3-4,12H,2,5H2,1H3,(H,16,17). The molecule has 17 heavy (non-hydrogen) atoms. The molecule has 0 saturated carbocycles. The number of aryl methyl sites for hydroxylation is 1. The van der Waals surface area contributed by atoms with Crippen LogP contribution < -0.4 is 0 Å². The van der Waals surface area contributed by atoms with E-state index in [1.165, 1.54) is 12.1 Å². The maximum Gasteiger partial charge on any atom is 0.307 e. The van der Waals surface area contributed by atoms with Gasteiger partial charge in [-0.3, -0.25) is 4.79 Å². The van der Waals surface area contributed by atoms with Gasteiger partial charge in [-0.15, -0.1) is 0 Å². The summed E-state index contributed by atoms with van der Waals surface area (Å²) < 4.78 is 25.5. The van der Waals surface area contributed by atoms with E-state index in [2.05, 4.69) is 0 Å². The van der Waals surface area contributed by atoms with Crippen LogP contribution in [0.3, 0.4) is 0 Å². The Bertz CT molecular complexity index is 478. The molecular weight excluding hydrogens is 228 g/mol. The smallest absolute Gasteiger partial charge is 0.307 e. The number of carboxylic acids is 1. The number of nitriles is 1. The first-order valence-corrected chi connectivity index (χ1v) is 5.05. The van der Waals surface area contributed by atoms with Crippen molar-refractivity contribution < 1.29 is 18.7 Å². The molecule has 0 bridgehead atoms. The molecule has 1 rings (SSSR count). The van der Waals surface area contributed by atoms with Gasteiger partial charge in [0, 0.05) is 5.56 Å². The molecule has 0 atom stereocenters. The second-order valence-corrected chi connectivity index (χ2v) is 3.54.